The Labute approximate surface area is 145 Å². The van der Waals surface area contributed by atoms with Crippen molar-refractivity contribution in [3.05, 3.63) is 42.2 Å². The number of anilines is 1. The van der Waals surface area contributed by atoms with E-state index in [1.54, 1.807) is 10.7 Å². The number of hydrogen-bond acceptors (Lipinski definition) is 5. The predicted molar refractivity (Wildman–Crippen MR) is 93.6 cm³/mol. The number of rotatable bonds is 4. The molecule has 1 amide bonds. The molecule has 1 unspecified atom stereocenters. The van der Waals surface area contributed by atoms with Crippen LogP contribution in [0.1, 0.15) is 29.7 Å². The molecule has 0 radical (unpaired) electrons. The van der Waals surface area contributed by atoms with Crippen molar-refractivity contribution in [3.8, 4) is 0 Å². The first-order chi connectivity index (χ1) is 12.1. The molecule has 1 N–H and O–H groups in total. The highest BCUT2D eigenvalue weighted by molar-refractivity contribution is 5.91. The summed E-state index contributed by atoms with van der Waals surface area (Å²) in [5.41, 5.74) is 1.77. The minimum atomic E-state index is -0.00945. The first-order valence-corrected chi connectivity index (χ1v) is 8.54. The predicted octanol–water partition coefficient (Wildman–Crippen LogP) is 1.58. The molecule has 1 atom stereocenters. The molecule has 3 aromatic rings. The van der Waals surface area contributed by atoms with Crippen LogP contribution in [0.3, 0.4) is 0 Å². The number of nitrogens with one attached hydrogen (secondary N) is 1. The van der Waals surface area contributed by atoms with Gasteiger partial charge in [-0.15, -0.1) is 5.10 Å². The lowest BCUT2D eigenvalue weighted by molar-refractivity contribution is 0.0774. The minimum absolute atomic E-state index is 0.00945. The first kappa shape index (κ1) is 15.6. The summed E-state index contributed by atoms with van der Waals surface area (Å²) < 4.78 is 3.65. The van der Waals surface area contributed by atoms with Crippen LogP contribution < -0.4 is 5.32 Å². The van der Waals surface area contributed by atoms with Crippen molar-refractivity contribution < 1.29 is 4.79 Å². The topological polar surface area (TPSA) is 80.4 Å². The number of likely N-dealkylation sites (tertiary alicyclic amines) is 1. The van der Waals surface area contributed by atoms with Crippen LogP contribution in [0.15, 0.2) is 30.7 Å². The van der Waals surface area contributed by atoms with Gasteiger partial charge in [0, 0.05) is 38.1 Å². The van der Waals surface area contributed by atoms with Crippen LogP contribution in [-0.4, -0.2) is 54.1 Å². The zero-order valence-corrected chi connectivity index (χ0v) is 14.4. The van der Waals surface area contributed by atoms with E-state index in [1.165, 1.54) is 0 Å². The fourth-order valence-corrected chi connectivity index (χ4v) is 3.25. The Bertz CT molecular complexity index is 913. The highest BCUT2D eigenvalue weighted by Gasteiger charge is 2.29. The quantitative estimate of drug-likeness (QED) is 0.781. The molecular formula is C17H21N7O. The van der Waals surface area contributed by atoms with Crippen LogP contribution in [0.2, 0.25) is 0 Å². The van der Waals surface area contributed by atoms with Crippen molar-refractivity contribution in [2.75, 3.05) is 18.4 Å². The molecule has 0 aromatic carbocycles. The van der Waals surface area contributed by atoms with Gasteiger partial charge in [-0.1, -0.05) is 0 Å². The van der Waals surface area contributed by atoms with Gasteiger partial charge in [-0.05, 0) is 32.4 Å². The summed E-state index contributed by atoms with van der Waals surface area (Å²) in [5, 5.41) is 7.95. The molecule has 4 rings (SSSR count). The summed E-state index contributed by atoms with van der Waals surface area (Å²) in [5.74, 6) is 1.29. The van der Waals surface area contributed by atoms with E-state index in [1.807, 2.05) is 47.8 Å². The molecule has 1 aliphatic rings. The average molecular weight is 339 g/mol. The van der Waals surface area contributed by atoms with E-state index in [0.29, 0.717) is 12.4 Å². The van der Waals surface area contributed by atoms with Gasteiger partial charge in [0.1, 0.15) is 5.82 Å². The van der Waals surface area contributed by atoms with Crippen LogP contribution in [0.4, 0.5) is 5.82 Å². The number of imidazole rings is 2. The summed E-state index contributed by atoms with van der Waals surface area (Å²) in [6.07, 6.45) is 6.30. The Kier molecular flexibility index (Phi) is 3.87. The van der Waals surface area contributed by atoms with Crippen molar-refractivity contribution in [1.29, 1.82) is 0 Å². The fourth-order valence-electron chi connectivity index (χ4n) is 3.25. The smallest absolute Gasteiger partial charge is 0.289 e. The van der Waals surface area contributed by atoms with Crippen LogP contribution in [0, 0.1) is 6.92 Å². The monoisotopic (exact) mass is 339 g/mol. The maximum Gasteiger partial charge on any atom is 0.289 e. The largest absolute Gasteiger partial charge is 0.364 e. The molecule has 1 aliphatic heterocycles. The summed E-state index contributed by atoms with van der Waals surface area (Å²) in [4.78, 5) is 23.1. The normalized spacial score (nSPS) is 17.4. The van der Waals surface area contributed by atoms with E-state index in [-0.39, 0.29) is 11.9 Å². The molecule has 130 valence electrons. The third-order valence-corrected chi connectivity index (χ3v) is 4.52. The first-order valence-electron chi connectivity index (χ1n) is 8.54. The molecule has 8 nitrogen and oxygen atoms in total. The van der Waals surface area contributed by atoms with Crippen molar-refractivity contribution in [3.63, 3.8) is 0 Å². The van der Waals surface area contributed by atoms with Gasteiger partial charge >= 0.3 is 0 Å². The Balaban J connectivity index is 1.44. The van der Waals surface area contributed by atoms with Crippen LogP contribution >= 0.6 is 0 Å². The second-order valence-electron chi connectivity index (χ2n) is 6.32. The lowest BCUT2D eigenvalue weighted by Gasteiger charge is -2.17. The average Bonchev–Trinajstić information content (AvgIpc) is 3.32. The number of fused-ring (bicyclic) bond motifs is 1. The van der Waals surface area contributed by atoms with Gasteiger partial charge in [0.25, 0.3) is 5.91 Å². The highest BCUT2D eigenvalue weighted by atomic mass is 16.2. The van der Waals surface area contributed by atoms with Gasteiger partial charge < -0.3 is 14.8 Å². The van der Waals surface area contributed by atoms with Crippen molar-refractivity contribution >= 4 is 17.4 Å². The summed E-state index contributed by atoms with van der Waals surface area (Å²) >= 11 is 0. The van der Waals surface area contributed by atoms with Crippen LogP contribution in [0.5, 0.6) is 0 Å². The lowest BCUT2D eigenvalue weighted by atomic mass is 10.2. The van der Waals surface area contributed by atoms with Gasteiger partial charge in [0.05, 0.1) is 11.9 Å². The zero-order valence-electron chi connectivity index (χ0n) is 14.4. The number of hydrogen-bond donors (Lipinski definition) is 1. The van der Waals surface area contributed by atoms with Crippen molar-refractivity contribution in [2.24, 2.45) is 0 Å². The Morgan fingerprint density at radius 2 is 2.28 bits per heavy atom. The molecule has 4 heterocycles. The summed E-state index contributed by atoms with van der Waals surface area (Å²) in [6, 6.07) is 4.05. The Morgan fingerprint density at radius 3 is 3.12 bits per heavy atom. The van der Waals surface area contributed by atoms with Gasteiger partial charge in [0.2, 0.25) is 0 Å². The second kappa shape index (κ2) is 6.19. The molecular weight excluding hydrogens is 318 g/mol. The van der Waals surface area contributed by atoms with E-state index < -0.39 is 0 Å². The third kappa shape index (κ3) is 2.95. The number of aromatic nitrogens is 5. The van der Waals surface area contributed by atoms with Gasteiger partial charge in [-0.3, -0.25) is 4.79 Å². The number of aryl methyl sites for hydroxylation is 2. The Morgan fingerprint density at radius 1 is 1.40 bits per heavy atom. The molecule has 0 saturated carbocycles. The summed E-state index contributed by atoms with van der Waals surface area (Å²) in [6.45, 7) is 6.07. The molecule has 1 fully saturated rings. The highest BCUT2D eigenvalue weighted by Crippen LogP contribution is 2.17. The molecule has 3 aromatic heterocycles. The van der Waals surface area contributed by atoms with Crippen LogP contribution in [-0.2, 0) is 6.54 Å². The van der Waals surface area contributed by atoms with E-state index in [4.69, 9.17) is 0 Å². The van der Waals surface area contributed by atoms with E-state index >= 15 is 0 Å². The number of carbonyl (C=O) groups excluding carboxylic acids is 1. The third-order valence-electron chi connectivity index (χ3n) is 4.52. The van der Waals surface area contributed by atoms with Gasteiger partial charge in [-0.2, -0.15) is 0 Å². The van der Waals surface area contributed by atoms with Gasteiger partial charge in [0.15, 0.2) is 11.5 Å². The van der Waals surface area contributed by atoms with Crippen LogP contribution in [0.25, 0.3) is 5.65 Å². The summed E-state index contributed by atoms with van der Waals surface area (Å²) in [7, 11) is 0. The standard InChI is InChI=1S/C17H21N7O/c1-3-22-9-7-18-16(22)17(25)23-8-6-13(11-23)20-14-4-5-15-19-12(2)10-24(15)21-14/h4-5,7,9-10,13H,3,6,8,11H2,1-2H3,(H,20,21). The van der Waals surface area contributed by atoms with E-state index in [0.717, 1.165) is 36.7 Å². The van der Waals surface area contributed by atoms with E-state index in [2.05, 4.69) is 20.4 Å². The second-order valence-corrected chi connectivity index (χ2v) is 6.32. The Hall–Kier alpha value is -2.90. The van der Waals surface area contributed by atoms with Crippen molar-refractivity contribution in [1.82, 2.24) is 29.0 Å². The van der Waals surface area contributed by atoms with E-state index in [9.17, 15) is 4.79 Å². The molecule has 1 saturated heterocycles. The molecule has 25 heavy (non-hydrogen) atoms. The lowest BCUT2D eigenvalue weighted by Crippen LogP contribution is -2.33. The zero-order chi connectivity index (χ0) is 17.4. The fraction of sp³-hybridized carbons (Fsp3) is 0.412. The molecule has 0 aliphatic carbocycles. The molecule has 0 bridgehead atoms. The molecule has 8 heteroatoms. The maximum atomic E-state index is 12.7. The number of carbonyl (C=O) groups is 1. The molecule has 0 spiro atoms. The minimum Gasteiger partial charge on any atom is -0.364 e. The number of nitrogens with zero attached hydrogens (tertiary/aromatic N) is 6. The number of amides is 1. The van der Waals surface area contributed by atoms with Crippen molar-refractivity contribution in [2.45, 2.75) is 32.9 Å². The maximum absolute atomic E-state index is 12.7. The van der Waals surface area contributed by atoms with Gasteiger partial charge in [-0.25, -0.2) is 14.5 Å². The SMILES string of the molecule is CCn1ccnc1C(=O)N1CCC(Nc2ccc3nc(C)cn3n2)C1.